The number of carbonyl (C=O) groups is 3. The zero-order chi connectivity index (χ0) is 18.0. The molecule has 0 spiro atoms. The average molecular weight is 352 g/mol. The molecule has 4 aliphatic rings. The summed E-state index contributed by atoms with van der Waals surface area (Å²) in [6.45, 7) is 4.49. The lowest BCUT2D eigenvalue weighted by molar-refractivity contribution is -0.117. The molecule has 3 N–H and O–H groups in total. The summed E-state index contributed by atoms with van der Waals surface area (Å²) < 4.78 is 7.94. The first kappa shape index (κ1) is 17.2. The van der Waals surface area contributed by atoms with Crippen molar-refractivity contribution in [1.82, 2.24) is 14.7 Å². The van der Waals surface area contributed by atoms with Crippen molar-refractivity contribution in [3.05, 3.63) is 23.2 Å². The zero-order valence-corrected chi connectivity index (χ0v) is 13.6. The van der Waals surface area contributed by atoms with Crippen LogP contribution in [0.2, 0.25) is 0 Å². The Morgan fingerprint density at radius 3 is 2.04 bits per heavy atom. The average Bonchev–Trinajstić information content (AvgIpc) is 3.42. The van der Waals surface area contributed by atoms with E-state index in [1.807, 2.05) is 14.7 Å². The van der Waals surface area contributed by atoms with E-state index in [1.54, 1.807) is 0 Å². The van der Waals surface area contributed by atoms with Gasteiger partial charge in [-0.2, -0.15) is 0 Å². The van der Waals surface area contributed by atoms with Crippen LogP contribution in [0.1, 0.15) is 0 Å². The second kappa shape index (κ2) is 7.11. The minimum Gasteiger partial charge on any atom is -0.419 e. The fraction of sp³-hybridized carbons (Fsp3) is 0.533. The molecular formula is C15H20N4O6. The third-order valence-corrected chi connectivity index (χ3v) is 3.87. The van der Waals surface area contributed by atoms with Gasteiger partial charge in [-0.15, -0.1) is 0 Å². The summed E-state index contributed by atoms with van der Waals surface area (Å²) in [5.74, 6) is 0.0485. The van der Waals surface area contributed by atoms with E-state index in [9.17, 15) is 14.4 Å². The lowest BCUT2D eigenvalue weighted by Crippen LogP contribution is -2.29. The van der Waals surface area contributed by atoms with Gasteiger partial charge in [-0.25, -0.2) is 4.79 Å². The van der Waals surface area contributed by atoms with Crippen molar-refractivity contribution < 1.29 is 29.0 Å². The van der Waals surface area contributed by atoms with E-state index in [1.165, 1.54) is 6.08 Å². The fourth-order valence-electron chi connectivity index (χ4n) is 2.44. The summed E-state index contributed by atoms with van der Waals surface area (Å²) in [6, 6.07) is 0. The molecule has 3 saturated heterocycles. The standard InChI is InChI=1S/C12H13N3O2.C3H7NO4/c16-9-7-8(13-1-2-13)12(17)11(15-5-6-15)10(9)14-3-4-14;4-1-7-3(6)8-2-5/h7H,1-6H2;5H,1-2,4H2. The van der Waals surface area contributed by atoms with Crippen LogP contribution in [0.3, 0.4) is 0 Å². The topological polar surface area (TPSA) is 125 Å². The summed E-state index contributed by atoms with van der Waals surface area (Å²) in [5, 5.41) is 7.90. The number of ketones is 2. The van der Waals surface area contributed by atoms with Crippen LogP contribution in [0, 0.1) is 0 Å². The van der Waals surface area contributed by atoms with Crippen LogP contribution in [0.4, 0.5) is 4.79 Å². The Morgan fingerprint density at radius 2 is 1.56 bits per heavy atom. The van der Waals surface area contributed by atoms with Crippen LogP contribution < -0.4 is 5.73 Å². The van der Waals surface area contributed by atoms with Gasteiger partial charge in [0.1, 0.15) is 18.1 Å². The summed E-state index contributed by atoms with van der Waals surface area (Å²) in [5.41, 5.74) is 6.64. The van der Waals surface area contributed by atoms with E-state index < -0.39 is 12.9 Å². The first-order chi connectivity index (χ1) is 12.1. The van der Waals surface area contributed by atoms with Gasteiger partial charge in [0.2, 0.25) is 11.6 Å². The summed E-state index contributed by atoms with van der Waals surface area (Å²) in [7, 11) is 0. The van der Waals surface area contributed by atoms with Crippen LogP contribution in [0.25, 0.3) is 0 Å². The summed E-state index contributed by atoms with van der Waals surface area (Å²) in [4.78, 5) is 40.4. The molecule has 10 nitrogen and oxygen atoms in total. The van der Waals surface area contributed by atoms with Gasteiger partial charge in [-0.1, -0.05) is 0 Å². The van der Waals surface area contributed by atoms with E-state index in [0.29, 0.717) is 17.1 Å². The first-order valence-electron chi connectivity index (χ1n) is 7.97. The molecule has 3 fully saturated rings. The smallest absolute Gasteiger partial charge is 0.419 e. The minimum atomic E-state index is -0.963. The van der Waals surface area contributed by atoms with Crippen molar-refractivity contribution in [1.29, 1.82) is 0 Å². The monoisotopic (exact) mass is 352 g/mol. The van der Waals surface area contributed by atoms with Gasteiger partial charge >= 0.3 is 6.16 Å². The molecule has 0 aromatic carbocycles. The number of ether oxygens (including phenoxy) is 2. The molecule has 25 heavy (non-hydrogen) atoms. The SMILES string of the molecule is NCOC(=O)OCO.O=C1C=C(N2CC2)C(=O)C(N2CC2)=C1N1CC1. The Labute approximate surface area is 144 Å². The highest BCUT2D eigenvalue weighted by Gasteiger charge is 2.43. The Balaban J connectivity index is 0.000000197. The minimum absolute atomic E-state index is 0.00546. The highest BCUT2D eigenvalue weighted by Crippen LogP contribution is 2.33. The molecule has 0 saturated carbocycles. The third-order valence-electron chi connectivity index (χ3n) is 3.87. The molecule has 0 radical (unpaired) electrons. The lowest BCUT2D eigenvalue weighted by Gasteiger charge is -2.21. The Kier molecular flexibility index (Phi) is 4.91. The van der Waals surface area contributed by atoms with Gasteiger partial charge in [-0.05, 0) is 0 Å². The van der Waals surface area contributed by atoms with E-state index in [-0.39, 0.29) is 18.3 Å². The Bertz CT molecular complexity index is 638. The number of nitrogens with zero attached hydrogens (tertiary/aromatic N) is 3. The van der Waals surface area contributed by atoms with E-state index in [2.05, 4.69) is 9.47 Å². The van der Waals surface area contributed by atoms with Gasteiger partial charge in [-0.3, -0.25) is 15.3 Å². The Hall–Kier alpha value is -2.59. The van der Waals surface area contributed by atoms with Crippen LogP contribution >= 0.6 is 0 Å². The zero-order valence-electron chi connectivity index (χ0n) is 13.6. The Morgan fingerprint density at radius 1 is 1.00 bits per heavy atom. The third kappa shape index (κ3) is 4.09. The van der Waals surface area contributed by atoms with E-state index in [4.69, 9.17) is 10.8 Å². The van der Waals surface area contributed by atoms with Crippen molar-refractivity contribution in [2.75, 3.05) is 52.8 Å². The normalized spacial score (nSPS) is 20.7. The van der Waals surface area contributed by atoms with E-state index in [0.717, 1.165) is 39.3 Å². The van der Waals surface area contributed by atoms with Crippen molar-refractivity contribution in [3.8, 4) is 0 Å². The molecule has 1 aliphatic carbocycles. The fourth-order valence-corrected chi connectivity index (χ4v) is 2.44. The predicted molar refractivity (Wildman–Crippen MR) is 83.5 cm³/mol. The lowest BCUT2D eigenvalue weighted by atomic mass is 10.0. The maximum Gasteiger partial charge on any atom is 0.511 e. The first-order valence-corrected chi connectivity index (χ1v) is 7.97. The van der Waals surface area contributed by atoms with Crippen molar-refractivity contribution >= 4 is 17.7 Å². The van der Waals surface area contributed by atoms with Crippen molar-refractivity contribution in [2.45, 2.75) is 0 Å². The van der Waals surface area contributed by atoms with Crippen LogP contribution in [-0.2, 0) is 19.1 Å². The molecule has 0 amide bonds. The molecule has 0 unspecified atom stereocenters. The van der Waals surface area contributed by atoms with Crippen LogP contribution in [-0.4, -0.2) is 90.3 Å². The summed E-state index contributed by atoms with van der Waals surface area (Å²) >= 11 is 0. The highest BCUT2D eigenvalue weighted by atomic mass is 16.8. The molecule has 3 aliphatic heterocycles. The number of carbonyl (C=O) groups excluding carboxylic acids is 3. The predicted octanol–water partition coefficient (Wildman–Crippen LogP) is -1.81. The molecule has 4 rings (SSSR count). The molecule has 0 bridgehead atoms. The quantitative estimate of drug-likeness (QED) is 0.253. The van der Waals surface area contributed by atoms with Gasteiger partial charge < -0.3 is 29.3 Å². The highest BCUT2D eigenvalue weighted by molar-refractivity contribution is 6.22. The largest absolute Gasteiger partial charge is 0.511 e. The number of hydrogen-bond acceptors (Lipinski definition) is 10. The van der Waals surface area contributed by atoms with E-state index >= 15 is 0 Å². The van der Waals surface area contributed by atoms with Crippen LogP contribution in [0.5, 0.6) is 0 Å². The van der Waals surface area contributed by atoms with Gasteiger partial charge in [0.05, 0.1) is 5.70 Å². The molecule has 0 atom stereocenters. The van der Waals surface area contributed by atoms with Crippen molar-refractivity contribution in [3.63, 3.8) is 0 Å². The number of aliphatic hydroxyl groups excluding tert-OH is 1. The second-order valence-electron chi connectivity index (χ2n) is 5.72. The van der Waals surface area contributed by atoms with Crippen molar-refractivity contribution in [2.24, 2.45) is 5.73 Å². The van der Waals surface area contributed by atoms with Gasteiger partial charge in [0.15, 0.2) is 6.79 Å². The molecule has 3 heterocycles. The molecule has 136 valence electrons. The summed E-state index contributed by atoms with van der Waals surface area (Å²) in [6.07, 6.45) is 0.561. The molecular weight excluding hydrogens is 332 g/mol. The number of hydrogen-bond donors (Lipinski definition) is 2. The second-order valence-corrected chi connectivity index (χ2v) is 5.72. The van der Waals surface area contributed by atoms with Crippen LogP contribution in [0.15, 0.2) is 23.2 Å². The maximum atomic E-state index is 12.4. The molecule has 0 aromatic rings. The molecule has 0 aromatic heterocycles. The maximum absolute atomic E-state index is 12.4. The molecule has 10 heteroatoms. The van der Waals surface area contributed by atoms with Gasteiger partial charge in [0.25, 0.3) is 0 Å². The number of nitrogens with two attached hydrogens (primary N) is 1. The number of aliphatic hydroxyl groups is 1. The number of allylic oxidation sites excluding steroid dienone is 1. The van der Waals surface area contributed by atoms with Gasteiger partial charge in [0, 0.05) is 45.3 Å². The number of Topliss-reactive ketones (excluding diaryl/α,β-unsaturated/α-hetero) is 1. The number of rotatable bonds is 5.